The first kappa shape index (κ1) is 18.9. The highest BCUT2D eigenvalue weighted by Crippen LogP contribution is 2.23. The predicted octanol–water partition coefficient (Wildman–Crippen LogP) is 3.20. The maximum atomic E-state index is 13.7. The third kappa shape index (κ3) is 4.79. The van der Waals surface area contributed by atoms with Gasteiger partial charge in [-0.25, -0.2) is 17.6 Å². The molecule has 0 aliphatic rings. The molecule has 0 radical (unpaired) electrons. The van der Waals surface area contributed by atoms with E-state index in [1.807, 2.05) is 0 Å². The van der Waals surface area contributed by atoms with Crippen molar-refractivity contribution in [3.63, 3.8) is 0 Å². The van der Waals surface area contributed by atoms with E-state index in [0.717, 1.165) is 24.3 Å². The average Bonchev–Trinajstić information content (AvgIpc) is 2.52. The lowest BCUT2D eigenvalue weighted by molar-refractivity contribution is -0.122. The van der Waals surface area contributed by atoms with E-state index in [9.17, 15) is 27.5 Å². The highest BCUT2D eigenvalue weighted by atomic mass is 19.1. The summed E-state index contributed by atoms with van der Waals surface area (Å²) in [6, 6.07) is 6.13. The van der Waals surface area contributed by atoms with Crippen molar-refractivity contribution in [3.05, 3.63) is 70.8 Å². The second-order valence-corrected chi connectivity index (χ2v) is 5.87. The van der Waals surface area contributed by atoms with Gasteiger partial charge in [-0.05, 0) is 31.5 Å². The smallest absolute Gasteiger partial charge is 0.220 e. The molecule has 0 bridgehead atoms. The van der Waals surface area contributed by atoms with Gasteiger partial charge in [0.15, 0.2) is 0 Å². The van der Waals surface area contributed by atoms with Gasteiger partial charge in [0.05, 0.1) is 6.54 Å². The maximum absolute atomic E-state index is 13.7. The molecule has 0 heterocycles. The molecule has 0 aliphatic heterocycles. The third-order valence-corrected chi connectivity index (χ3v) is 3.80. The Morgan fingerprint density at radius 2 is 1.72 bits per heavy atom. The Morgan fingerprint density at radius 1 is 1.08 bits per heavy atom. The molecule has 0 fully saturated rings. The van der Waals surface area contributed by atoms with Crippen molar-refractivity contribution in [3.8, 4) is 0 Å². The Morgan fingerprint density at radius 3 is 2.32 bits per heavy atom. The lowest BCUT2D eigenvalue weighted by Gasteiger charge is -2.24. The first-order valence-electron chi connectivity index (χ1n) is 7.58. The first-order valence-corrected chi connectivity index (χ1v) is 7.58. The van der Waals surface area contributed by atoms with Crippen LogP contribution in [-0.4, -0.2) is 17.6 Å². The van der Waals surface area contributed by atoms with Gasteiger partial charge in [-0.15, -0.1) is 0 Å². The van der Waals surface area contributed by atoms with Crippen LogP contribution >= 0.6 is 0 Å². The second kappa shape index (κ2) is 7.65. The number of aliphatic hydroxyl groups is 1. The Balaban J connectivity index is 1.95. The number of carbonyl (C=O) groups is 1. The number of halogens is 4. The van der Waals surface area contributed by atoms with Gasteiger partial charge < -0.3 is 10.4 Å². The largest absolute Gasteiger partial charge is 0.383 e. The van der Waals surface area contributed by atoms with Crippen LogP contribution in [0.3, 0.4) is 0 Å². The summed E-state index contributed by atoms with van der Waals surface area (Å²) in [7, 11) is 0. The molecule has 2 aromatic rings. The minimum absolute atomic E-state index is 0.155. The summed E-state index contributed by atoms with van der Waals surface area (Å²) in [4.78, 5) is 11.8. The summed E-state index contributed by atoms with van der Waals surface area (Å²) in [6.45, 7) is 0.925. The Labute approximate surface area is 142 Å². The summed E-state index contributed by atoms with van der Waals surface area (Å²) < 4.78 is 53.6. The van der Waals surface area contributed by atoms with Gasteiger partial charge >= 0.3 is 0 Å². The lowest BCUT2D eigenvalue weighted by Crippen LogP contribution is -2.39. The van der Waals surface area contributed by atoms with E-state index in [1.165, 1.54) is 13.0 Å². The highest BCUT2D eigenvalue weighted by Gasteiger charge is 2.27. The molecule has 3 nitrogen and oxygen atoms in total. The zero-order chi connectivity index (χ0) is 18.6. The van der Waals surface area contributed by atoms with Gasteiger partial charge in [-0.3, -0.25) is 4.79 Å². The maximum Gasteiger partial charge on any atom is 0.220 e. The monoisotopic (exact) mass is 355 g/mol. The van der Waals surface area contributed by atoms with Gasteiger partial charge in [0.25, 0.3) is 0 Å². The van der Waals surface area contributed by atoms with Crippen LogP contribution in [0.25, 0.3) is 0 Å². The normalized spacial score (nSPS) is 13.4. The molecule has 0 spiro atoms. The quantitative estimate of drug-likeness (QED) is 0.782. The molecule has 2 N–H and O–H groups in total. The minimum Gasteiger partial charge on any atom is -0.383 e. The molecular formula is C18H17F4NO2. The summed E-state index contributed by atoms with van der Waals surface area (Å²) in [5.41, 5.74) is -2.14. The number of benzene rings is 2. The van der Waals surface area contributed by atoms with Crippen molar-refractivity contribution in [1.29, 1.82) is 0 Å². The van der Waals surface area contributed by atoms with Crippen molar-refractivity contribution in [2.24, 2.45) is 0 Å². The van der Waals surface area contributed by atoms with Gasteiger partial charge in [0, 0.05) is 23.6 Å². The van der Waals surface area contributed by atoms with Crippen molar-refractivity contribution >= 4 is 5.91 Å². The van der Waals surface area contributed by atoms with Gasteiger partial charge in [-0.2, -0.15) is 0 Å². The first-order chi connectivity index (χ1) is 11.7. The van der Waals surface area contributed by atoms with E-state index in [-0.39, 0.29) is 30.5 Å². The number of amides is 1. The third-order valence-electron chi connectivity index (χ3n) is 3.80. The zero-order valence-electron chi connectivity index (χ0n) is 13.5. The fourth-order valence-electron chi connectivity index (χ4n) is 2.39. The molecular weight excluding hydrogens is 338 g/mol. The molecule has 2 rings (SSSR count). The molecule has 1 amide bonds. The van der Waals surface area contributed by atoms with Crippen molar-refractivity contribution < 1.29 is 27.5 Å². The number of hydrogen-bond donors (Lipinski definition) is 2. The Kier molecular flexibility index (Phi) is 5.79. The fourth-order valence-corrected chi connectivity index (χ4v) is 2.39. The van der Waals surface area contributed by atoms with Crippen molar-refractivity contribution in [2.45, 2.75) is 25.4 Å². The number of nitrogens with one attached hydrogen (secondary N) is 1. The zero-order valence-corrected chi connectivity index (χ0v) is 13.5. The van der Waals surface area contributed by atoms with E-state index < -0.39 is 34.8 Å². The number of carbonyl (C=O) groups excluding carboxylic acids is 1. The van der Waals surface area contributed by atoms with E-state index in [0.29, 0.717) is 6.07 Å². The van der Waals surface area contributed by atoms with Crippen molar-refractivity contribution in [2.75, 3.05) is 6.54 Å². The molecule has 2 aromatic carbocycles. The van der Waals surface area contributed by atoms with Crippen LogP contribution in [0.1, 0.15) is 24.5 Å². The number of rotatable bonds is 6. The van der Waals surface area contributed by atoms with Crippen LogP contribution < -0.4 is 5.32 Å². The molecule has 0 saturated carbocycles. The predicted molar refractivity (Wildman–Crippen MR) is 83.6 cm³/mol. The average molecular weight is 355 g/mol. The summed E-state index contributed by atoms with van der Waals surface area (Å²) in [5.74, 6) is -3.77. The van der Waals surface area contributed by atoms with E-state index in [4.69, 9.17) is 0 Å². The molecule has 1 unspecified atom stereocenters. The Hall–Kier alpha value is -2.41. The van der Waals surface area contributed by atoms with E-state index in [2.05, 4.69) is 5.32 Å². The van der Waals surface area contributed by atoms with Crippen LogP contribution in [0.5, 0.6) is 0 Å². The SMILES string of the molecule is CC(O)(CNC(=O)CCc1c(F)cccc1F)c1ccc(F)cc1F. The summed E-state index contributed by atoms with van der Waals surface area (Å²) in [5, 5.41) is 12.7. The molecule has 0 saturated heterocycles. The van der Waals surface area contributed by atoms with Crippen LogP contribution in [0.2, 0.25) is 0 Å². The van der Waals surface area contributed by atoms with Crippen molar-refractivity contribution in [1.82, 2.24) is 5.32 Å². The fraction of sp³-hybridized carbons (Fsp3) is 0.278. The van der Waals surface area contributed by atoms with Crippen LogP contribution in [0, 0.1) is 23.3 Å². The van der Waals surface area contributed by atoms with E-state index in [1.54, 1.807) is 0 Å². The Bertz CT molecular complexity index is 757. The van der Waals surface area contributed by atoms with Crippen LogP contribution in [0.4, 0.5) is 17.6 Å². The summed E-state index contributed by atoms with van der Waals surface area (Å²) in [6.07, 6.45) is -0.364. The minimum atomic E-state index is -1.77. The summed E-state index contributed by atoms with van der Waals surface area (Å²) >= 11 is 0. The molecule has 25 heavy (non-hydrogen) atoms. The molecule has 134 valence electrons. The molecule has 7 heteroatoms. The standard InChI is InChI=1S/C18H17F4NO2/c1-18(25,13-7-5-11(19)9-16(13)22)10-23-17(24)8-6-12-14(20)3-2-4-15(12)21/h2-5,7,9,25H,6,8,10H2,1H3,(H,23,24). The molecule has 0 aliphatic carbocycles. The van der Waals surface area contributed by atoms with Gasteiger partial charge in [-0.1, -0.05) is 12.1 Å². The van der Waals surface area contributed by atoms with Gasteiger partial charge in [0.2, 0.25) is 5.91 Å². The molecule has 1 atom stereocenters. The van der Waals surface area contributed by atoms with Crippen LogP contribution in [-0.2, 0) is 16.8 Å². The lowest BCUT2D eigenvalue weighted by atomic mass is 9.95. The molecule has 0 aromatic heterocycles. The highest BCUT2D eigenvalue weighted by molar-refractivity contribution is 5.76. The van der Waals surface area contributed by atoms with E-state index >= 15 is 0 Å². The topological polar surface area (TPSA) is 49.3 Å². The second-order valence-electron chi connectivity index (χ2n) is 5.87. The number of hydrogen-bond acceptors (Lipinski definition) is 2. The van der Waals surface area contributed by atoms with Crippen LogP contribution in [0.15, 0.2) is 36.4 Å². The van der Waals surface area contributed by atoms with Gasteiger partial charge in [0.1, 0.15) is 28.9 Å².